The molecule has 8 nitrogen and oxygen atoms in total. The Bertz CT molecular complexity index is 859. The number of pyridine rings is 1. The molecule has 2 amide bonds. The zero-order valence-corrected chi connectivity index (χ0v) is 16.2. The number of hydrogen-bond donors (Lipinski definition) is 1. The predicted octanol–water partition coefficient (Wildman–Crippen LogP) is 1.87. The Labute approximate surface area is 163 Å². The van der Waals surface area contributed by atoms with Crippen LogP contribution < -0.4 is 5.32 Å². The molecule has 1 N–H and O–H groups in total. The van der Waals surface area contributed by atoms with Gasteiger partial charge in [0.1, 0.15) is 17.7 Å². The van der Waals surface area contributed by atoms with Crippen LogP contribution in [-0.4, -0.2) is 51.5 Å². The van der Waals surface area contributed by atoms with E-state index in [1.165, 1.54) is 18.4 Å². The van der Waals surface area contributed by atoms with Gasteiger partial charge >= 0.3 is 0 Å². The van der Waals surface area contributed by atoms with Gasteiger partial charge in [-0.2, -0.15) is 0 Å². The van der Waals surface area contributed by atoms with Crippen LogP contribution in [0.2, 0.25) is 0 Å². The van der Waals surface area contributed by atoms with Crippen molar-refractivity contribution < 1.29 is 14.3 Å². The molecule has 2 fully saturated rings. The molecule has 0 unspecified atom stereocenters. The number of carbonyl (C=O) groups excluding carboxylic acids is 2. The van der Waals surface area contributed by atoms with Crippen molar-refractivity contribution in [3.63, 3.8) is 0 Å². The smallest absolute Gasteiger partial charge is 0.231 e. The second-order valence-electron chi connectivity index (χ2n) is 7.47. The number of hydrogen-bond acceptors (Lipinski definition) is 5. The van der Waals surface area contributed by atoms with Gasteiger partial charge in [0, 0.05) is 45.7 Å². The van der Waals surface area contributed by atoms with Crippen LogP contribution in [0.3, 0.4) is 0 Å². The van der Waals surface area contributed by atoms with Crippen LogP contribution in [0.5, 0.6) is 0 Å². The molecule has 148 valence electrons. The van der Waals surface area contributed by atoms with Crippen molar-refractivity contribution in [2.45, 2.75) is 31.2 Å². The highest BCUT2D eigenvalue weighted by atomic mass is 16.5. The zero-order chi connectivity index (χ0) is 19.7. The van der Waals surface area contributed by atoms with Gasteiger partial charge in [0.2, 0.25) is 11.8 Å². The van der Waals surface area contributed by atoms with Crippen molar-refractivity contribution in [1.29, 1.82) is 0 Å². The third-order valence-corrected chi connectivity index (χ3v) is 5.51. The van der Waals surface area contributed by atoms with Crippen LogP contribution in [0.15, 0.2) is 30.7 Å². The van der Waals surface area contributed by atoms with Crippen molar-refractivity contribution in [2.24, 2.45) is 13.0 Å². The average molecular weight is 383 g/mol. The number of nitrogens with one attached hydrogen (secondary N) is 1. The van der Waals surface area contributed by atoms with Gasteiger partial charge in [-0.1, -0.05) is 6.07 Å². The van der Waals surface area contributed by atoms with E-state index < -0.39 is 12.0 Å². The van der Waals surface area contributed by atoms with E-state index >= 15 is 0 Å². The second-order valence-corrected chi connectivity index (χ2v) is 7.47. The van der Waals surface area contributed by atoms with Crippen LogP contribution in [0.25, 0.3) is 0 Å². The summed E-state index contributed by atoms with van der Waals surface area (Å²) in [5, 5.41) is 2.88. The SMILES string of the molecule is COCCN1C(=O)C[C@H](C(=O)Nc2ccc(C3CC3)cn2)[C@H]1c1nccn1C. The molecular weight excluding hydrogens is 358 g/mol. The average Bonchev–Trinajstić information content (AvgIpc) is 3.37. The molecule has 1 aliphatic carbocycles. The Balaban J connectivity index is 1.54. The van der Waals surface area contributed by atoms with Gasteiger partial charge in [0.25, 0.3) is 0 Å². The van der Waals surface area contributed by atoms with E-state index in [4.69, 9.17) is 4.74 Å². The number of ether oxygens (including phenoxy) is 1. The lowest BCUT2D eigenvalue weighted by Gasteiger charge is -2.27. The molecule has 2 aromatic heterocycles. The van der Waals surface area contributed by atoms with Gasteiger partial charge in [0.05, 0.1) is 12.5 Å². The van der Waals surface area contributed by atoms with E-state index in [-0.39, 0.29) is 18.2 Å². The van der Waals surface area contributed by atoms with Crippen LogP contribution in [0.4, 0.5) is 5.82 Å². The number of nitrogens with zero attached hydrogens (tertiary/aromatic N) is 4. The van der Waals surface area contributed by atoms with Crippen molar-refractivity contribution in [1.82, 2.24) is 19.4 Å². The van der Waals surface area contributed by atoms with Crippen molar-refractivity contribution >= 4 is 17.6 Å². The molecule has 2 aliphatic rings. The van der Waals surface area contributed by atoms with Crippen molar-refractivity contribution in [3.05, 3.63) is 42.1 Å². The Morgan fingerprint density at radius 2 is 2.14 bits per heavy atom. The van der Waals surface area contributed by atoms with E-state index in [2.05, 4.69) is 15.3 Å². The summed E-state index contributed by atoms with van der Waals surface area (Å²) >= 11 is 0. The number of anilines is 1. The first kappa shape index (κ1) is 18.6. The number of aromatic nitrogens is 3. The Kier molecular flexibility index (Phi) is 5.13. The van der Waals surface area contributed by atoms with Gasteiger partial charge in [0.15, 0.2) is 0 Å². The molecule has 4 rings (SSSR count). The zero-order valence-electron chi connectivity index (χ0n) is 16.2. The second kappa shape index (κ2) is 7.71. The number of methoxy groups -OCH3 is 1. The minimum Gasteiger partial charge on any atom is -0.383 e. The summed E-state index contributed by atoms with van der Waals surface area (Å²) < 4.78 is 7.00. The summed E-state index contributed by atoms with van der Waals surface area (Å²) in [6, 6.07) is 3.43. The first-order chi connectivity index (χ1) is 13.6. The van der Waals surface area contributed by atoms with Gasteiger partial charge in [-0.25, -0.2) is 9.97 Å². The molecule has 8 heteroatoms. The highest BCUT2D eigenvalue weighted by Crippen LogP contribution is 2.40. The Morgan fingerprint density at radius 3 is 2.75 bits per heavy atom. The Hall–Kier alpha value is -2.74. The fourth-order valence-corrected chi connectivity index (χ4v) is 3.82. The number of aryl methyl sites for hydroxylation is 1. The third-order valence-electron chi connectivity index (χ3n) is 5.51. The predicted molar refractivity (Wildman–Crippen MR) is 102 cm³/mol. The van der Waals surface area contributed by atoms with Gasteiger partial charge < -0.3 is 19.5 Å². The van der Waals surface area contributed by atoms with E-state index in [1.54, 1.807) is 18.2 Å². The maximum Gasteiger partial charge on any atom is 0.231 e. The van der Waals surface area contributed by atoms with Crippen LogP contribution in [0.1, 0.15) is 42.6 Å². The number of amides is 2. The fourth-order valence-electron chi connectivity index (χ4n) is 3.82. The number of rotatable bonds is 7. The van der Waals surface area contributed by atoms with E-state index in [1.807, 2.05) is 36.1 Å². The maximum atomic E-state index is 13.0. The molecule has 0 spiro atoms. The quantitative estimate of drug-likeness (QED) is 0.788. The summed E-state index contributed by atoms with van der Waals surface area (Å²) in [7, 11) is 3.46. The lowest BCUT2D eigenvalue weighted by atomic mass is 9.98. The highest BCUT2D eigenvalue weighted by Gasteiger charge is 2.46. The maximum absolute atomic E-state index is 13.0. The Morgan fingerprint density at radius 1 is 1.32 bits per heavy atom. The molecule has 0 bridgehead atoms. The first-order valence-electron chi connectivity index (χ1n) is 9.61. The first-order valence-corrected chi connectivity index (χ1v) is 9.61. The summed E-state index contributed by atoms with van der Waals surface area (Å²) in [5.74, 6) is 1.01. The molecule has 1 saturated carbocycles. The van der Waals surface area contributed by atoms with Gasteiger partial charge in [-0.3, -0.25) is 9.59 Å². The topological polar surface area (TPSA) is 89.3 Å². The monoisotopic (exact) mass is 383 g/mol. The molecule has 3 heterocycles. The number of likely N-dealkylation sites (tertiary alicyclic amines) is 1. The molecule has 2 atom stereocenters. The van der Waals surface area contributed by atoms with Gasteiger partial charge in [-0.05, 0) is 30.4 Å². The summed E-state index contributed by atoms with van der Waals surface area (Å²) in [6.45, 7) is 0.830. The minimum absolute atomic E-state index is 0.0674. The van der Waals surface area contributed by atoms with Crippen LogP contribution in [-0.2, 0) is 21.4 Å². The molecular formula is C20H25N5O3. The fraction of sp³-hybridized carbons (Fsp3) is 0.500. The standard InChI is InChI=1S/C20H25N5O3/c1-24-8-7-21-19(24)18-15(11-17(26)25(18)9-10-28-2)20(27)23-16-6-5-14(12-22-16)13-3-4-13/h5-8,12-13,15,18H,3-4,9-11H2,1-2H3,(H,22,23,27)/t15-,18-/m0/s1. The lowest BCUT2D eigenvalue weighted by Crippen LogP contribution is -2.36. The van der Waals surface area contributed by atoms with E-state index in [0.29, 0.717) is 30.7 Å². The van der Waals surface area contributed by atoms with Crippen molar-refractivity contribution in [3.8, 4) is 0 Å². The summed E-state index contributed by atoms with van der Waals surface area (Å²) in [6.07, 6.45) is 7.89. The third kappa shape index (κ3) is 3.64. The summed E-state index contributed by atoms with van der Waals surface area (Å²) in [4.78, 5) is 36.1. The normalized spacial score (nSPS) is 21.9. The lowest BCUT2D eigenvalue weighted by molar-refractivity contribution is -0.129. The number of imidazole rings is 1. The largest absolute Gasteiger partial charge is 0.383 e. The molecule has 1 saturated heterocycles. The highest BCUT2D eigenvalue weighted by molar-refractivity contribution is 5.97. The van der Waals surface area contributed by atoms with E-state index in [0.717, 1.165) is 0 Å². The van der Waals surface area contributed by atoms with Crippen molar-refractivity contribution in [2.75, 3.05) is 25.6 Å². The summed E-state index contributed by atoms with van der Waals surface area (Å²) in [5.41, 5.74) is 1.21. The molecule has 1 aliphatic heterocycles. The van der Waals surface area contributed by atoms with Crippen LogP contribution in [0, 0.1) is 5.92 Å². The van der Waals surface area contributed by atoms with Gasteiger partial charge in [-0.15, -0.1) is 0 Å². The molecule has 0 aromatic carbocycles. The molecule has 28 heavy (non-hydrogen) atoms. The van der Waals surface area contributed by atoms with E-state index in [9.17, 15) is 9.59 Å². The number of carbonyl (C=O) groups is 2. The minimum atomic E-state index is -0.532. The molecule has 2 aromatic rings. The van der Waals surface area contributed by atoms with Crippen LogP contribution >= 0.6 is 0 Å². The molecule has 0 radical (unpaired) electrons.